The fraction of sp³-hybridized carbons (Fsp3) is 1.00. The van der Waals surface area contributed by atoms with Crippen LogP contribution >= 0.6 is 0 Å². The third kappa shape index (κ3) is 3.29. The van der Waals surface area contributed by atoms with Gasteiger partial charge in [-0.2, -0.15) is 30.7 Å². The molecule has 0 bridgehead atoms. The summed E-state index contributed by atoms with van der Waals surface area (Å²) in [5.41, 5.74) is -5.69. The molecule has 0 aromatic rings. The lowest BCUT2D eigenvalue weighted by molar-refractivity contribution is -0.390. The maximum atomic E-state index is 13.5. The van der Waals surface area contributed by atoms with Crippen molar-refractivity contribution in [3.8, 4) is 0 Å². The molecule has 1 nitrogen and oxygen atoms in total. The summed E-state index contributed by atoms with van der Waals surface area (Å²) in [4.78, 5) is 0. The van der Waals surface area contributed by atoms with Gasteiger partial charge in [-0.1, -0.05) is 0 Å². The van der Waals surface area contributed by atoms with Crippen molar-refractivity contribution in [2.75, 3.05) is 6.67 Å². The van der Waals surface area contributed by atoms with Crippen molar-refractivity contribution in [3.05, 3.63) is 0 Å². The molecule has 0 rings (SSSR count). The number of hydrogen-bond donors (Lipinski definition) is 0. The summed E-state index contributed by atoms with van der Waals surface area (Å²) in [6.45, 7) is -1.74. The van der Waals surface area contributed by atoms with E-state index in [-0.39, 0.29) is 0 Å². The lowest BCUT2D eigenvalue weighted by Gasteiger charge is -2.38. The van der Waals surface area contributed by atoms with E-state index in [4.69, 9.17) is 0 Å². The molecule has 0 aromatic carbocycles. The Morgan fingerprint density at radius 3 is 1.45 bits per heavy atom. The van der Waals surface area contributed by atoms with Gasteiger partial charge in [0, 0.05) is 0 Å². The minimum absolute atomic E-state index is 0.746. The van der Waals surface area contributed by atoms with Crippen molar-refractivity contribution in [1.29, 1.82) is 0 Å². The Balaban J connectivity index is 5.83. The van der Waals surface area contributed by atoms with Crippen LogP contribution in [0.3, 0.4) is 0 Å². The number of ether oxygens (including phenoxy) is 1. The van der Waals surface area contributed by atoms with Crippen molar-refractivity contribution in [2.24, 2.45) is 0 Å². The van der Waals surface area contributed by atoms with Gasteiger partial charge in [0.05, 0.1) is 6.10 Å². The van der Waals surface area contributed by atoms with E-state index < -0.39 is 42.8 Å². The quantitative estimate of drug-likeness (QED) is 0.688. The number of rotatable bonds is 5. The molecule has 0 amide bonds. The normalized spacial score (nSPS) is 21.4. The SMILES string of the molecule is CC(C)OC(F)(C(F)C(F)(CF)C(F)(F)F)C(F)(F)F. The Kier molecular flexibility index (Phi) is 5.36. The predicted octanol–water partition coefficient (Wildman–Crippen LogP) is 4.22. The molecule has 0 fully saturated rings. The monoisotopic (exact) mass is 324 g/mol. The predicted molar refractivity (Wildman–Crippen MR) is 46.9 cm³/mol. The van der Waals surface area contributed by atoms with Crippen LogP contribution in [-0.2, 0) is 4.74 Å². The molecule has 0 radical (unpaired) electrons. The van der Waals surface area contributed by atoms with E-state index in [9.17, 15) is 43.9 Å². The first-order chi connectivity index (χ1) is 8.63. The van der Waals surface area contributed by atoms with Gasteiger partial charge < -0.3 is 4.74 Å². The van der Waals surface area contributed by atoms with E-state index in [1.165, 1.54) is 0 Å². The molecule has 0 aliphatic rings. The molecule has 11 heteroatoms. The van der Waals surface area contributed by atoms with Gasteiger partial charge in [0.15, 0.2) is 0 Å². The van der Waals surface area contributed by atoms with Gasteiger partial charge in [0.1, 0.15) is 6.67 Å². The van der Waals surface area contributed by atoms with E-state index in [2.05, 4.69) is 4.74 Å². The van der Waals surface area contributed by atoms with Crippen molar-refractivity contribution < 1.29 is 48.6 Å². The Hall–Kier alpha value is -0.740. The summed E-state index contributed by atoms with van der Waals surface area (Å²) in [6, 6.07) is 0. The van der Waals surface area contributed by atoms with Crippen LogP contribution in [0.4, 0.5) is 43.9 Å². The molecule has 0 aromatic heterocycles. The molecule has 0 heterocycles. The van der Waals surface area contributed by atoms with Crippen molar-refractivity contribution in [2.45, 2.75) is 50.0 Å². The van der Waals surface area contributed by atoms with Crippen LogP contribution in [0.1, 0.15) is 13.8 Å². The van der Waals surface area contributed by atoms with E-state index in [0.29, 0.717) is 0 Å². The second-order valence-corrected chi connectivity index (χ2v) is 4.17. The van der Waals surface area contributed by atoms with Crippen molar-refractivity contribution >= 4 is 0 Å². The zero-order chi connectivity index (χ0) is 16.6. The second-order valence-electron chi connectivity index (χ2n) is 4.17. The molecular formula is C9H10F10O. The Bertz CT molecular complexity index is 324. The second kappa shape index (κ2) is 5.57. The van der Waals surface area contributed by atoms with Gasteiger partial charge in [-0.05, 0) is 13.8 Å². The lowest BCUT2D eigenvalue weighted by Crippen LogP contribution is -2.65. The van der Waals surface area contributed by atoms with Gasteiger partial charge in [0.2, 0.25) is 6.17 Å². The molecule has 3 unspecified atom stereocenters. The van der Waals surface area contributed by atoms with Crippen molar-refractivity contribution in [3.63, 3.8) is 0 Å². The number of halogens is 10. The number of alkyl halides is 10. The molecule has 0 aliphatic carbocycles. The molecular weight excluding hydrogens is 314 g/mol. The third-order valence-corrected chi connectivity index (χ3v) is 2.19. The minimum Gasteiger partial charge on any atom is -0.334 e. The van der Waals surface area contributed by atoms with Gasteiger partial charge in [-0.15, -0.1) is 0 Å². The highest BCUT2D eigenvalue weighted by Crippen LogP contribution is 2.49. The summed E-state index contributed by atoms with van der Waals surface area (Å²) in [7, 11) is 0. The van der Waals surface area contributed by atoms with Gasteiger partial charge in [0.25, 0.3) is 5.67 Å². The third-order valence-electron chi connectivity index (χ3n) is 2.19. The van der Waals surface area contributed by atoms with Crippen molar-refractivity contribution in [1.82, 2.24) is 0 Å². The summed E-state index contributed by atoms with van der Waals surface area (Å²) >= 11 is 0. The van der Waals surface area contributed by atoms with E-state index in [1.807, 2.05) is 0 Å². The largest absolute Gasteiger partial charge is 0.451 e. The zero-order valence-electron chi connectivity index (χ0n) is 10.0. The molecule has 122 valence electrons. The first kappa shape index (κ1) is 19.3. The van der Waals surface area contributed by atoms with E-state index in [0.717, 1.165) is 13.8 Å². The summed E-state index contributed by atoms with van der Waals surface area (Å²) in [6.07, 6.45) is -19.5. The molecule has 0 saturated heterocycles. The van der Waals surface area contributed by atoms with Crippen LogP contribution < -0.4 is 0 Å². The molecule has 0 saturated carbocycles. The van der Waals surface area contributed by atoms with Crippen LogP contribution in [-0.4, -0.2) is 42.8 Å². The molecule has 0 aliphatic heterocycles. The summed E-state index contributed by atoms with van der Waals surface area (Å²) in [5.74, 6) is -5.64. The van der Waals surface area contributed by atoms with E-state index >= 15 is 0 Å². The van der Waals surface area contributed by atoms with Crippen LogP contribution in [0.25, 0.3) is 0 Å². The first-order valence-corrected chi connectivity index (χ1v) is 5.02. The first-order valence-electron chi connectivity index (χ1n) is 5.02. The number of hydrogen-bond acceptors (Lipinski definition) is 1. The Morgan fingerprint density at radius 2 is 1.25 bits per heavy atom. The smallest absolute Gasteiger partial charge is 0.334 e. The van der Waals surface area contributed by atoms with Gasteiger partial charge in [-0.25, -0.2) is 13.2 Å². The van der Waals surface area contributed by atoms with Crippen LogP contribution in [0.15, 0.2) is 0 Å². The van der Waals surface area contributed by atoms with Gasteiger partial charge in [-0.3, -0.25) is 0 Å². The summed E-state index contributed by atoms with van der Waals surface area (Å²) in [5, 5.41) is 0. The maximum absolute atomic E-state index is 13.5. The highest BCUT2D eigenvalue weighted by atomic mass is 19.4. The molecule has 0 N–H and O–H groups in total. The standard InChI is InChI=1S/C9H10F10O/c1-4(2)20-7(13,9(17,18)19)5(11)6(12,3-10)8(14,15)16/h4-5H,3H2,1-2H3. The molecule has 0 spiro atoms. The fourth-order valence-electron chi connectivity index (χ4n) is 1.19. The minimum atomic E-state index is -6.40. The molecule has 20 heavy (non-hydrogen) atoms. The van der Waals surface area contributed by atoms with Crippen LogP contribution in [0, 0.1) is 0 Å². The average Bonchev–Trinajstić information content (AvgIpc) is 2.22. The Morgan fingerprint density at radius 1 is 0.850 bits per heavy atom. The van der Waals surface area contributed by atoms with Gasteiger partial charge >= 0.3 is 18.2 Å². The zero-order valence-corrected chi connectivity index (χ0v) is 10.0. The summed E-state index contributed by atoms with van der Waals surface area (Å²) < 4.78 is 129. The van der Waals surface area contributed by atoms with Crippen LogP contribution in [0.2, 0.25) is 0 Å². The topological polar surface area (TPSA) is 9.23 Å². The fourth-order valence-corrected chi connectivity index (χ4v) is 1.19. The van der Waals surface area contributed by atoms with Crippen LogP contribution in [0.5, 0.6) is 0 Å². The molecule has 3 atom stereocenters. The highest BCUT2D eigenvalue weighted by Gasteiger charge is 2.76. The average molecular weight is 324 g/mol. The Labute approximate surface area is 106 Å². The highest BCUT2D eigenvalue weighted by molar-refractivity contribution is 5.04. The lowest BCUT2D eigenvalue weighted by atomic mass is 9.94. The van der Waals surface area contributed by atoms with E-state index in [1.54, 1.807) is 0 Å². The maximum Gasteiger partial charge on any atom is 0.451 e.